The molecular weight excluding hydrogens is 602 g/mol. The summed E-state index contributed by atoms with van der Waals surface area (Å²) in [6.07, 6.45) is 22.0. The standard InChI is InChI=1S/C37H49NO9/c1-2-3-4-5-6-7-8-9-10-11-12-13-14-15-16-17-33(43)38-20-21-45-22-23-46-37-35(44)34-31(42)25-28(39)26-32(34)47-36(37)27-18-19-29(40)30(41)24-27/h6-7,9-10,18-19,24-26,39-42H,2-5,8,11-17,20-23H2,1H3,(H,38,43)/b7-6-,10-9-. The molecule has 1 amide bonds. The maximum Gasteiger partial charge on any atom is 0.239 e. The number of unbranched alkanes of at least 4 members (excludes halogenated alkanes) is 8. The number of allylic oxidation sites excluding steroid dienone is 4. The number of hydrogen-bond acceptors (Lipinski definition) is 9. The van der Waals surface area contributed by atoms with Crippen molar-refractivity contribution in [2.24, 2.45) is 0 Å². The highest BCUT2D eigenvalue weighted by molar-refractivity contribution is 5.88. The van der Waals surface area contributed by atoms with Crippen LogP contribution in [0.3, 0.4) is 0 Å². The lowest BCUT2D eigenvalue weighted by Gasteiger charge is -2.13. The van der Waals surface area contributed by atoms with Crippen molar-refractivity contribution < 1.29 is 39.1 Å². The van der Waals surface area contributed by atoms with Crippen LogP contribution in [0, 0.1) is 0 Å². The first kappa shape index (κ1) is 37.0. The number of ether oxygens (including phenoxy) is 2. The second-order valence-corrected chi connectivity index (χ2v) is 11.4. The molecule has 0 saturated carbocycles. The number of phenols is 4. The number of hydrogen-bond donors (Lipinski definition) is 5. The van der Waals surface area contributed by atoms with Gasteiger partial charge in [-0.05, 0) is 56.7 Å². The molecule has 0 aliphatic carbocycles. The molecule has 5 N–H and O–H groups in total. The minimum atomic E-state index is -0.688. The summed E-state index contributed by atoms with van der Waals surface area (Å²) >= 11 is 0. The highest BCUT2D eigenvalue weighted by Crippen LogP contribution is 2.38. The van der Waals surface area contributed by atoms with Crippen LogP contribution in [0.5, 0.6) is 28.7 Å². The molecule has 47 heavy (non-hydrogen) atoms. The number of amides is 1. The maximum atomic E-state index is 13.3. The quantitative estimate of drug-likeness (QED) is 0.0419. The predicted molar refractivity (Wildman–Crippen MR) is 183 cm³/mol. The zero-order valence-corrected chi connectivity index (χ0v) is 27.3. The summed E-state index contributed by atoms with van der Waals surface area (Å²) in [5, 5.41) is 42.4. The predicted octanol–water partition coefficient (Wildman–Crippen LogP) is 7.61. The molecule has 0 unspecified atom stereocenters. The lowest BCUT2D eigenvalue weighted by molar-refractivity contribution is -0.121. The molecule has 3 aromatic rings. The van der Waals surface area contributed by atoms with Crippen molar-refractivity contribution >= 4 is 16.9 Å². The lowest BCUT2D eigenvalue weighted by atomic mass is 10.1. The molecule has 0 aliphatic heterocycles. The van der Waals surface area contributed by atoms with Gasteiger partial charge in [0.15, 0.2) is 17.3 Å². The first-order valence-corrected chi connectivity index (χ1v) is 16.6. The van der Waals surface area contributed by atoms with Crippen LogP contribution in [0.1, 0.15) is 84.0 Å². The Labute approximate surface area is 276 Å². The third-order valence-corrected chi connectivity index (χ3v) is 7.55. The number of nitrogens with one attached hydrogen (secondary N) is 1. The van der Waals surface area contributed by atoms with Crippen LogP contribution in [0.2, 0.25) is 0 Å². The van der Waals surface area contributed by atoms with Gasteiger partial charge in [0.1, 0.15) is 29.1 Å². The van der Waals surface area contributed by atoms with Gasteiger partial charge in [-0.15, -0.1) is 0 Å². The Hall–Kier alpha value is -4.44. The van der Waals surface area contributed by atoms with Gasteiger partial charge in [-0.25, -0.2) is 0 Å². The number of benzene rings is 2. The van der Waals surface area contributed by atoms with Gasteiger partial charge in [-0.3, -0.25) is 9.59 Å². The van der Waals surface area contributed by atoms with Crippen LogP contribution in [0.15, 0.2) is 63.8 Å². The molecule has 0 aliphatic rings. The first-order valence-electron chi connectivity index (χ1n) is 16.6. The number of rotatable bonds is 22. The van der Waals surface area contributed by atoms with Crippen LogP contribution in [-0.2, 0) is 9.53 Å². The summed E-state index contributed by atoms with van der Waals surface area (Å²) in [5.74, 6) is -1.90. The summed E-state index contributed by atoms with van der Waals surface area (Å²) in [6.45, 7) is 2.86. The Bertz CT molecular complexity index is 1530. The van der Waals surface area contributed by atoms with Crippen molar-refractivity contribution in [1.82, 2.24) is 5.32 Å². The lowest BCUT2D eigenvalue weighted by Crippen LogP contribution is -2.27. The van der Waals surface area contributed by atoms with E-state index in [1.54, 1.807) is 0 Å². The van der Waals surface area contributed by atoms with Crippen molar-refractivity contribution in [2.45, 2.75) is 84.0 Å². The van der Waals surface area contributed by atoms with E-state index in [-0.39, 0.29) is 65.3 Å². The van der Waals surface area contributed by atoms with Gasteiger partial charge in [0, 0.05) is 30.7 Å². The van der Waals surface area contributed by atoms with E-state index >= 15 is 0 Å². The Morgan fingerprint density at radius 2 is 1.53 bits per heavy atom. The van der Waals surface area contributed by atoms with Crippen molar-refractivity contribution in [1.29, 1.82) is 0 Å². The van der Waals surface area contributed by atoms with Gasteiger partial charge in [-0.1, -0.05) is 63.3 Å². The fourth-order valence-electron chi connectivity index (χ4n) is 5.01. The fraction of sp³-hybridized carbons (Fsp3) is 0.459. The van der Waals surface area contributed by atoms with Gasteiger partial charge in [-0.2, -0.15) is 0 Å². The van der Waals surface area contributed by atoms with Gasteiger partial charge in [0.25, 0.3) is 0 Å². The molecule has 256 valence electrons. The molecule has 2 aromatic carbocycles. The fourth-order valence-corrected chi connectivity index (χ4v) is 5.01. The summed E-state index contributed by atoms with van der Waals surface area (Å²) in [6, 6.07) is 6.04. The Kier molecular flexibility index (Phi) is 16.3. The zero-order chi connectivity index (χ0) is 33.9. The van der Waals surface area contributed by atoms with E-state index in [0.717, 1.165) is 38.2 Å². The van der Waals surface area contributed by atoms with Crippen LogP contribution in [0.4, 0.5) is 0 Å². The van der Waals surface area contributed by atoms with Gasteiger partial charge >= 0.3 is 0 Å². The molecule has 0 saturated heterocycles. The Morgan fingerprint density at radius 1 is 0.809 bits per heavy atom. The van der Waals surface area contributed by atoms with Crippen molar-refractivity contribution in [2.75, 3.05) is 26.4 Å². The van der Waals surface area contributed by atoms with Crippen LogP contribution < -0.4 is 15.5 Å². The molecule has 0 atom stereocenters. The highest BCUT2D eigenvalue weighted by Gasteiger charge is 2.21. The van der Waals surface area contributed by atoms with E-state index in [1.165, 1.54) is 62.8 Å². The van der Waals surface area contributed by atoms with Crippen molar-refractivity contribution in [3.05, 3.63) is 64.9 Å². The number of phenolic OH excluding ortho intramolecular Hbond substituents is 4. The SMILES string of the molecule is CCCCC/C=C\C/C=C\CCCCCCCC(=O)NCCOCCOc1c(-c2ccc(O)c(O)c2)oc2cc(O)cc(O)c2c1=O. The monoisotopic (exact) mass is 651 g/mol. The number of aromatic hydroxyl groups is 4. The van der Waals surface area contributed by atoms with E-state index in [0.29, 0.717) is 13.0 Å². The highest BCUT2D eigenvalue weighted by atomic mass is 16.5. The normalized spacial score (nSPS) is 11.6. The smallest absolute Gasteiger partial charge is 0.239 e. The van der Waals surface area contributed by atoms with Crippen LogP contribution >= 0.6 is 0 Å². The number of carbonyl (C=O) groups excluding carboxylic acids is 1. The van der Waals surface area contributed by atoms with Crippen LogP contribution in [-0.4, -0.2) is 52.7 Å². The largest absolute Gasteiger partial charge is 0.508 e. The molecular formula is C37H49NO9. The first-order chi connectivity index (χ1) is 22.8. The van der Waals surface area contributed by atoms with Gasteiger partial charge in [0.05, 0.1) is 13.2 Å². The second kappa shape index (κ2) is 20.6. The number of carbonyl (C=O) groups is 1. The Morgan fingerprint density at radius 3 is 2.28 bits per heavy atom. The molecule has 0 fully saturated rings. The van der Waals surface area contributed by atoms with Crippen molar-refractivity contribution in [3.8, 4) is 40.1 Å². The van der Waals surface area contributed by atoms with Crippen LogP contribution in [0.25, 0.3) is 22.3 Å². The third kappa shape index (κ3) is 12.7. The third-order valence-electron chi connectivity index (χ3n) is 7.55. The molecule has 10 heteroatoms. The molecule has 0 spiro atoms. The number of fused-ring (bicyclic) bond motifs is 1. The zero-order valence-electron chi connectivity index (χ0n) is 27.3. The van der Waals surface area contributed by atoms with E-state index in [1.807, 2.05) is 0 Å². The second-order valence-electron chi connectivity index (χ2n) is 11.4. The molecule has 10 nitrogen and oxygen atoms in total. The minimum absolute atomic E-state index is 0.0167. The van der Waals surface area contributed by atoms with E-state index in [4.69, 9.17) is 13.9 Å². The molecule has 0 radical (unpaired) electrons. The topological polar surface area (TPSA) is 159 Å². The summed E-state index contributed by atoms with van der Waals surface area (Å²) in [4.78, 5) is 25.4. The van der Waals surface area contributed by atoms with E-state index < -0.39 is 16.9 Å². The summed E-state index contributed by atoms with van der Waals surface area (Å²) in [5.41, 5.74) is -0.550. The van der Waals surface area contributed by atoms with E-state index in [9.17, 15) is 30.0 Å². The molecule has 3 rings (SSSR count). The maximum absolute atomic E-state index is 13.3. The summed E-state index contributed by atoms with van der Waals surface area (Å²) in [7, 11) is 0. The average Bonchev–Trinajstić information content (AvgIpc) is 3.04. The van der Waals surface area contributed by atoms with Gasteiger partial charge < -0.3 is 39.6 Å². The molecule has 1 heterocycles. The summed E-state index contributed by atoms with van der Waals surface area (Å²) < 4.78 is 17.1. The average molecular weight is 652 g/mol. The van der Waals surface area contributed by atoms with Gasteiger partial charge in [0.2, 0.25) is 17.1 Å². The van der Waals surface area contributed by atoms with E-state index in [2.05, 4.69) is 36.5 Å². The Balaban J connectivity index is 1.31. The molecule has 1 aromatic heterocycles. The minimum Gasteiger partial charge on any atom is -0.508 e. The molecule has 0 bridgehead atoms. The van der Waals surface area contributed by atoms with Crippen molar-refractivity contribution in [3.63, 3.8) is 0 Å².